The van der Waals surface area contributed by atoms with E-state index in [-0.39, 0.29) is 24.1 Å². The quantitative estimate of drug-likeness (QED) is 0.173. The lowest BCUT2D eigenvalue weighted by atomic mass is 10.2. The molecule has 12 heteroatoms. The Morgan fingerprint density at radius 1 is 0.957 bits per heavy atom. The fraction of sp³-hybridized carbons (Fsp3) is 0.371. The van der Waals surface area contributed by atoms with Gasteiger partial charge in [-0.15, -0.1) is 0 Å². The largest absolute Gasteiger partial charge is 0.491 e. The second-order valence-corrected chi connectivity index (χ2v) is 11.3. The van der Waals surface area contributed by atoms with Gasteiger partial charge in [0.2, 0.25) is 0 Å². The van der Waals surface area contributed by atoms with Crippen LogP contribution in [0.25, 0.3) is 5.69 Å². The molecular weight excluding hydrogens is 596 g/mol. The number of nitrogens with zero attached hydrogens (tertiary/aromatic N) is 6. The van der Waals surface area contributed by atoms with Crippen LogP contribution in [-0.4, -0.2) is 85.1 Å². The molecule has 0 aliphatic carbocycles. The van der Waals surface area contributed by atoms with Crippen molar-refractivity contribution in [2.45, 2.75) is 38.7 Å². The summed E-state index contributed by atoms with van der Waals surface area (Å²) >= 11 is 0. The van der Waals surface area contributed by atoms with Crippen molar-refractivity contribution in [1.29, 1.82) is 5.41 Å². The zero-order chi connectivity index (χ0) is 32.8. The summed E-state index contributed by atoms with van der Waals surface area (Å²) in [6.07, 6.45) is 4.39. The number of rotatable bonds is 12. The molecule has 3 heterocycles. The van der Waals surface area contributed by atoms with Gasteiger partial charge >= 0.3 is 5.69 Å². The van der Waals surface area contributed by atoms with Gasteiger partial charge in [0.05, 0.1) is 31.1 Å². The third-order valence-electron chi connectivity index (χ3n) is 8.09. The summed E-state index contributed by atoms with van der Waals surface area (Å²) in [4.78, 5) is 17.5. The standard InChI is InChI=1S/C29H38N8O4.C6H6/c1-3-22(2)37-29(38)36(21-33-37)25-6-4-23(5-7-25)34-14-16-35(17-15-34)24-8-10-26(11-9-24)39-19-27-20-40-28(41-27)18-32-31-13-12-30;1-2-4-6-5-3-1/h4-13,21-22,27-28,30,32H,3,14-20H2,1-2H3;1-6H/b30-12?,31-13-;. The average Bonchev–Trinajstić information content (AvgIpc) is 3.76. The van der Waals surface area contributed by atoms with Crippen molar-refractivity contribution in [3.05, 3.63) is 102 Å². The van der Waals surface area contributed by atoms with Crippen molar-refractivity contribution in [3.63, 3.8) is 0 Å². The van der Waals surface area contributed by atoms with Crippen LogP contribution < -0.4 is 25.7 Å². The SMILES string of the molecule is CCC(C)n1ncn(-c2ccc(N3CCN(c4ccc(OCC5COC(CN/N=C\C=N)O5)cc4)CC3)cc2)c1=O.c1ccccc1. The Balaban J connectivity index is 0.000000650. The Bertz CT molecular complexity index is 1560. The molecule has 0 radical (unpaired) electrons. The van der Waals surface area contributed by atoms with Gasteiger partial charge in [-0.2, -0.15) is 10.2 Å². The molecule has 4 aromatic rings. The molecule has 12 nitrogen and oxygen atoms in total. The third-order valence-corrected chi connectivity index (χ3v) is 8.09. The van der Waals surface area contributed by atoms with Crippen LogP contribution in [0.1, 0.15) is 26.3 Å². The topological polar surface area (TPSA) is 122 Å². The molecule has 2 aliphatic heterocycles. The van der Waals surface area contributed by atoms with E-state index in [4.69, 9.17) is 19.6 Å². The number of hydrazone groups is 1. The second kappa shape index (κ2) is 17.1. The fourth-order valence-electron chi connectivity index (χ4n) is 5.26. The minimum Gasteiger partial charge on any atom is -0.491 e. The van der Waals surface area contributed by atoms with Gasteiger partial charge in [0, 0.05) is 43.8 Å². The minimum absolute atomic E-state index is 0.0755. The first-order chi connectivity index (χ1) is 23.1. The maximum absolute atomic E-state index is 12.7. The number of benzene rings is 3. The Morgan fingerprint density at radius 3 is 2.11 bits per heavy atom. The van der Waals surface area contributed by atoms with Crippen molar-refractivity contribution in [1.82, 2.24) is 19.8 Å². The van der Waals surface area contributed by atoms with Gasteiger partial charge in [-0.1, -0.05) is 43.3 Å². The highest BCUT2D eigenvalue weighted by Gasteiger charge is 2.26. The van der Waals surface area contributed by atoms with E-state index >= 15 is 0 Å². The molecule has 0 amide bonds. The highest BCUT2D eigenvalue weighted by molar-refractivity contribution is 6.14. The smallest absolute Gasteiger partial charge is 0.350 e. The van der Waals surface area contributed by atoms with E-state index in [1.54, 1.807) is 15.6 Å². The second-order valence-electron chi connectivity index (χ2n) is 11.3. The zero-order valence-corrected chi connectivity index (χ0v) is 27.0. The Morgan fingerprint density at radius 2 is 1.53 bits per heavy atom. The summed E-state index contributed by atoms with van der Waals surface area (Å²) in [5.74, 6) is 0.794. The average molecular weight is 641 g/mol. The van der Waals surface area contributed by atoms with Gasteiger partial charge in [-0.05, 0) is 61.9 Å². The normalized spacial score (nSPS) is 18.4. The van der Waals surface area contributed by atoms with E-state index in [9.17, 15) is 4.79 Å². The molecule has 2 N–H and O–H groups in total. The number of ether oxygens (including phenoxy) is 3. The molecule has 2 aliphatic rings. The number of hydrogen-bond donors (Lipinski definition) is 2. The van der Waals surface area contributed by atoms with Gasteiger partial charge in [0.1, 0.15) is 24.8 Å². The first-order valence-electron chi connectivity index (χ1n) is 16.1. The molecular formula is C35H44N8O4. The Hall–Kier alpha value is -4.94. The summed E-state index contributed by atoms with van der Waals surface area (Å²) in [6, 6.07) is 28.4. The molecule has 1 aromatic heterocycles. The van der Waals surface area contributed by atoms with Gasteiger partial charge in [0.15, 0.2) is 6.29 Å². The van der Waals surface area contributed by atoms with Crippen LogP contribution in [0.3, 0.4) is 0 Å². The van der Waals surface area contributed by atoms with Gasteiger partial charge in [-0.3, -0.25) is 0 Å². The lowest BCUT2D eigenvalue weighted by molar-refractivity contribution is -0.0602. The molecule has 2 saturated heterocycles. The highest BCUT2D eigenvalue weighted by Crippen LogP contribution is 2.24. The van der Waals surface area contributed by atoms with Gasteiger partial charge in [0.25, 0.3) is 0 Å². The maximum atomic E-state index is 12.7. The van der Waals surface area contributed by atoms with Crippen LogP contribution in [0.15, 0.2) is 101 Å². The Kier molecular flexibility index (Phi) is 12.2. The molecule has 6 rings (SSSR count). The highest BCUT2D eigenvalue weighted by atomic mass is 16.7. The number of anilines is 2. The monoisotopic (exact) mass is 640 g/mol. The van der Waals surface area contributed by atoms with Crippen LogP contribution >= 0.6 is 0 Å². The molecule has 3 aromatic carbocycles. The summed E-state index contributed by atoms with van der Waals surface area (Å²) < 4.78 is 20.5. The molecule has 3 unspecified atom stereocenters. The number of hydrogen-bond acceptors (Lipinski definition) is 10. The number of piperazine rings is 1. The first kappa shape index (κ1) is 33.4. The van der Waals surface area contributed by atoms with E-state index in [1.807, 2.05) is 74.5 Å². The van der Waals surface area contributed by atoms with E-state index in [2.05, 4.69) is 49.7 Å². The van der Waals surface area contributed by atoms with Crippen LogP contribution in [-0.2, 0) is 9.47 Å². The van der Waals surface area contributed by atoms with Gasteiger partial charge < -0.3 is 34.8 Å². The van der Waals surface area contributed by atoms with E-state index in [0.29, 0.717) is 19.8 Å². The Labute approximate surface area is 275 Å². The van der Waals surface area contributed by atoms with Crippen LogP contribution in [0.2, 0.25) is 0 Å². The van der Waals surface area contributed by atoms with E-state index in [0.717, 1.165) is 55.9 Å². The lowest BCUT2D eigenvalue weighted by Crippen LogP contribution is -2.46. The van der Waals surface area contributed by atoms with Gasteiger partial charge in [-0.25, -0.2) is 14.0 Å². The number of nitrogens with one attached hydrogen (secondary N) is 2. The number of aromatic nitrogens is 3. The lowest BCUT2D eigenvalue weighted by Gasteiger charge is -2.37. The predicted molar refractivity (Wildman–Crippen MR) is 186 cm³/mol. The molecule has 2 fully saturated rings. The summed E-state index contributed by atoms with van der Waals surface area (Å²) in [5.41, 5.74) is 5.82. The third kappa shape index (κ3) is 9.30. The molecule has 0 saturated carbocycles. The van der Waals surface area contributed by atoms with Crippen LogP contribution in [0.5, 0.6) is 5.75 Å². The van der Waals surface area contributed by atoms with Crippen LogP contribution in [0.4, 0.5) is 11.4 Å². The minimum atomic E-state index is -0.380. The summed E-state index contributed by atoms with van der Waals surface area (Å²) in [7, 11) is 0. The molecule has 3 atom stereocenters. The van der Waals surface area contributed by atoms with Crippen molar-refractivity contribution in [3.8, 4) is 11.4 Å². The summed E-state index contributed by atoms with van der Waals surface area (Å²) in [6.45, 7) is 8.98. The maximum Gasteiger partial charge on any atom is 0.350 e. The van der Waals surface area contributed by atoms with Crippen molar-refractivity contribution < 1.29 is 14.2 Å². The van der Waals surface area contributed by atoms with Crippen molar-refractivity contribution in [2.75, 3.05) is 55.7 Å². The molecule has 0 bridgehead atoms. The van der Waals surface area contributed by atoms with Crippen LogP contribution in [0, 0.1) is 5.41 Å². The van der Waals surface area contributed by atoms with Crippen molar-refractivity contribution >= 4 is 23.8 Å². The first-order valence-corrected chi connectivity index (χ1v) is 16.1. The summed E-state index contributed by atoms with van der Waals surface area (Å²) in [5, 5.41) is 15.0. The molecule has 47 heavy (non-hydrogen) atoms. The predicted octanol–water partition coefficient (Wildman–Crippen LogP) is 4.36. The van der Waals surface area contributed by atoms with E-state index < -0.39 is 0 Å². The fourth-order valence-corrected chi connectivity index (χ4v) is 5.26. The molecule has 248 valence electrons. The zero-order valence-electron chi connectivity index (χ0n) is 27.0. The van der Waals surface area contributed by atoms with E-state index in [1.165, 1.54) is 11.9 Å². The van der Waals surface area contributed by atoms with Crippen molar-refractivity contribution in [2.24, 2.45) is 5.10 Å². The molecule has 0 spiro atoms.